The van der Waals surface area contributed by atoms with Crippen molar-refractivity contribution < 1.29 is 0 Å². The van der Waals surface area contributed by atoms with Gasteiger partial charge in [-0.15, -0.1) is 0 Å². The number of rotatable bonds is 3. The Balaban J connectivity index is 2.09. The lowest BCUT2D eigenvalue weighted by atomic mass is 10.3. The minimum Gasteiger partial charge on any atom is -0.370 e. The second-order valence-corrected chi connectivity index (χ2v) is 5.59. The Morgan fingerprint density at radius 1 is 1.56 bits per heavy atom. The molecule has 1 aromatic heterocycles. The van der Waals surface area contributed by atoms with Gasteiger partial charge in [-0.25, -0.2) is 4.98 Å². The standard InChI is InChI=1S/C12H19N3S/c1-3-13-11-5-4-6-12(14-11)15-7-8-16-10(2)9-15/h4-6,10H,3,7-9H2,1-2H3,(H,13,14). The maximum Gasteiger partial charge on any atom is 0.131 e. The zero-order chi connectivity index (χ0) is 11.4. The molecule has 1 aliphatic heterocycles. The number of hydrogen-bond donors (Lipinski definition) is 1. The first-order valence-corrected chi connectivity index (χ1v) is 6.92. The SMILES string of the molecule is CCNc1cccc(N2CCSC(C)C2)n1. The summed E-state index contributed by atoms with van der Waals surface area (Å²) < 4.78 is 0. The predicted molar refractivity (Wildman–Crippen MR) is 72.5 cm³/mol. The number of anilines is 2. The Kier molecular flexibility index (Phi) is 3.93. The smallest absolute Gasteiger partial charge is 0.131 e. The monoisotopic (exact) mass is 237 g/mol. The number of thioether (sulfide) groups is 1. The van der Waals surface area contributed by atoms with Crippen LogP contribution < -0.4 is 10.2 Å². The molecule has 0 saturated carbocycles. The van der Waals surface area contributed by atoms with Crippen LogP contribution in [0.25, 0.3) is 0 Å². The molecule has 0 bridgehead atoms. The van der Waals surface area contributed by atoms with Crippen molar-refractivity contribution in [3.63, 3.8) is 0 Å². The number of pyridine rings is 1. The second kappa shape index (κ2) is 5.43. The topological polar surface area (TPSA) is 28.2 Å². The van der Waals surface area contributed by atoms with Gasteiger partial charge in [0, 0.05) is 30.6 Å². The van der Waals surface area contributed by atoms with Crippen molar-refractivity contribution in [1.82, 2.24) is 4.98 Å². The van der Waals surface area contributed by atoms with E-state index in [2.05, 4.69) is 41.2 Å². The van der Waals surface area contributed by atoms with Gasteiger partial charge in [0.2, 0.25) is 0 Å². The van der Waals surface area contributed by atoms with Gasteiger partial charge >= 0.3 is 0 Å². The lowest BCUT2D eigenvalue weighted by Gasteiger charge is -2.31. The molecule has 1 N–H and O–H groups in total. The third-order valence-electron chi connectivity index (χ3n) is 2.66. The molecule has 0 aliphatic carbocycles. The predicted octanol–water partition coefficient (Wildman–Crippen LogP) is 2.46. The highest BCUT2D eigenvalue weighted by Gasteiger charge is 2.17. The van der Waals surface area contributed by atoms with E-state index in [-0.39, 0.29) is 0 Å². The van der Waals surface area contributed by atoms with E-state index in [1.807, 2.05) is 17.8 Å². The number of nitrogens with zero attached hydrogens (tertiary/aromatic N) is 2. The van der Waals surface area contributed by atoms with Crippen molar-refractivity contribution in [3.8, 4) is 0 Å². The van der Waals surface area contributed by atoms with Crippen LogP contribution in [0, 0.1) is 0 Å². The molecule has 1 fully saturated rings. The first-order valence-electron chi connectivity index (χ1n) is 5.87. The molecule has 1 aliphatic rings. The minimum absolute atomic E-state index is 0.707. The number of aromatic nitrogens is 1. The highest BCUT2D eigenvalue weighted by molar-refractivity contribution is 8.00. The molecular formula is C12H19N3S. The molecule has 3 nitrogen and oxygen atoms in total. The fourth-order valence-corrected chi connectivity index (χ4v) is 2.92. The molecule has 88 valence electrons. The van der Waals surface area contributed by atoms with E-state index >= 15 is 0 Å². The van der Waals surface area contributed by atoms with Gasteiger partial charge in [-0.3, -0.25) is 0 Å². The van der Waals surface area contributed by atoms with Crippen molar-refractivity contribution in [2.45, 2.75) is 19.1 Å². The highest BCUT2D eigenvalue weighted by atomic mass is 32.2. The van der Waals surface area contributed by atoms with Gasteiger partial charge in [-0.05, 0) is 19.1 Å². The second-order valence-electron chi connectivity index (χ2n) is 4.04. The van der Waals surface area contributed by atoms with Crippen LogP contribution in [0.3, 0.4) is 0 Å². The quantitative estimate of drug-likeness (QED) is 0.874. The van der Waals surface area contributed by atoms with Crippen molar-refractivity contribution >= 4 is 23.4 Å². The Morgan fingerprint density at radius 2 is 2.44 bits per heavy atom. The maximum absolute atomic E-state index is 4.63. The fraction of sp³-hybridized carbons (Fsp3) is 0.583. The van der Waals surface area contributed by atoms with Gasteiger partial charge in [0.15, 0.2) is 0 Å². The van der Waals surface area contributed by atoms with Crippen LogP contribution in [-0.2, 0) is 0 Å². The summed E-state index contributed by atoms with van der Waals surface area (Å²) in [6, 6.07) is 6.20. The lowest BCUT2D eigenvalue weighted by Crippen LogP contribution is -2.37. The largest absolute Gasteiger partial charge is 0.370 e. The molecule has 0 radical (unpaired) electrons. The highest BCUT2D eigenvalue weighted by Crippen LogP contribution is 2.23. The van der Waals surface area contributed by atoms with Gasteiger partial charge in [-0.1, -0.05) is 13.0 Å². The average Bonchev–Trinajstić information content (AvgIpc) is 2.30. The summed E-state index contributed by atoms with van der Waals surface area (Å²) in [5.74, 6) is 3.28. The molecule has 1 atom stereocenters. The van der Waals surface area contributed by atoms with Crippen LogP contribution in [-0.4, -0.2) is 35.6 Å². The lowest BCUT2D eigenvalue weighted by molar-refractivity contribution is 0.770. The van der Waals surface area contributed by atoms with Gasteiger partial charge in [-0.2, -0.15) is 11.8 Å². The molecule has 1 aromatic rings. The average molecular weight is 237 g/mol. The van der Waals surface area contributed by atoms with Crippen molar-refractivity contribution in [1.29, 1.82) is 0 Å². The van der Waals surface area contributed by atoms with E-state index in [1.54, 1.807) is 0 Å². The maximum atomic E-state index is 4.63. The summed E-state index contributed by atoms with van der Waals surface area (Å²) >= 11 is 2.05. The molecule has 2 heterocycles. The van der Waals surface area contributed by atoms with E-state index in [4.69, 9.17) is 0 Å². The van der Waals surface area contributed by atoms with Gasteiger partial charge < -0.3 is 10.2 Å². The van der Waals surface area contributed by atoms with Gasteiger partial charge in [0.05, 0.1) is 0 Å². The molecule has 0 amide bonds. The van der Waals surface area contributed by atoms with E-state index in [9.17, 15) is 0 Å². The number of nitrogens with one attached hydrogen (secondary N) is 1. The van der Waals surface area contributed by atoms with Crippen LogP contribution in [0.5, 0.6) is 0 Å². The Labute approximate surface area is 102 Å². The van der Waals surface area contributed by atoms with Gasteiger partial charge in [0.25, 0.3) is 0 Å². The first kappa shape index (κ1) is 11.6. The molecule has 4 heteroatoms. The van der Waals surface area contributed by atoms with Crippen LogP contribution >= 0.6 is 11.8 Å². The third kappa shape index (κ3) is 2.82. The van der Waals surface area contributed by atoms with E-state index < -0.39 is 0 Å². The normalized spacial score (nSPS) is 20.9. The van der Waals surface area contributed by atoms with Crippen LogP contribution in [0.2, 0.25) is 0 Å². The molecular weight excluding hydrogens is 218 g/mol. The summed E-state index contributed by atoms with van der Waals surface area (Å²) in [7, 11) is 0. The van der Waals surface area contributed by atoms with E-state index in [0.29, 0.717) is 5.25 Å². The molecule has 16 heavy (non-hydrogen) atoms. The van der Waals surface area contributed by atoms with E-state index in [1.165, 1.54) is 5.75 Å². The molecule has 1 saturated heterocycles. The van der Waals surface area contributed by atoms with Gasteiger partial charge in [0.1, 0.15) is 11.6 Å². The van der Waals surface area contributed by atoms with Crippen molar-refractivity contribution in [2.75, 3.05) is 35.6 Å². The number of hydrogen-bond acceptors (Lipinski definition) is 4. The zero-order valence-corrected chi connectivity index (χ0v) is 10.8. The van der Waals surface area contributed by atoms with Crippen LogP contribution in [0.1, 0.15) is 13.8 Å². The fourth-order valence-electron chi connectivity index (χ4n) is 1.91. The van der Waals surface area contributed by atoms with Crippen molar-refractivity contribution in [2.24, 2.45) is 0 Å². The Bertz CT molecular complexity index is 343. The molecule has 2 rings (SSSR count). The Morgan fingerprint density at radius 3 is 3.19 bits per heavy atom. The summed E-state index contributed by atoms with van der Waals surface area (Å²) in [6.07, 6.45) is 0. The first-order chi connectivity index (χ1) is 7.79. The summed E-state index contributed by atoms with van der Waals surface area (Å²) in [5.41, 5.74) is 0. The zero-order valence-electron chi connectivity index (χ0n) is 9.94. The minimum atomic E-state index is 0.707. The van der Waals surface area contributed by atoms with Crippen molar-refractivity contribution in [3.05, 3.63) is 18.2 Å². The Hall–Kier alpha value is -0.900. The van der Waals surface area contributed by atoms with Crippen LogP contribution in [0.4, 0.5) is 11.6 Å². The summed E-state index contributed by atoms with van der Waals surface area (Å²) in [5, 5.41) is 3.96. The molecule has 1 unspecified atom stereocenters. The summed E-state index contributed by atoms with van der Waals surface area (Å²) in [4.78, 5) is 7.00. The van der Waals surface area contributed by atoms with Crippen LogP contribution in [0.15, 0.2) is 18.2 Å². The third-order valence-corrected chi connectivity index (χ3v) is 3.79. The van der Waals surface area contributed by atoms with E-state index in [0.717, 1.165) is 31.3 Å². The molecule has 0 aromatic carbocycles. The summed E-state index contributed by atoms with van der Waals surface area (Å²) in [6.45, 7) is 7.51. The molecule has 0 spiro atoms.